The molecular formula is C19H28O3. The highest BCUT2D eigenvalue weighted by Gasteiger charge is 2.61. The molecule has 4 fully saturated rings. The lowest BCUT2D eigenvalue weighted by molar-refractivity contribution is -0.160. The molecule has 4 rings (SSSR count). The Morgan fingerprint density at radius 2 is 1.73 bits per heavy atom. The molecule has 4 aliphatic rings. The van der Waals surface area contributed by atoms with Gasteiger partial charge in [0.15, 0.2) is 5.78 Å². The van der Waals surface area contributed by atoms with E-state index in [0.29, 0.717) is 30.0 Å². The van der Waals surface area contributed by atoms with E-state index < -0.39 is 6.10 Å². The molecule has 0 aromatic carbocycles. The molecular weight excluding hydrogens is 276 g/mol. The monoisotopic (exact) mass is 304 g/mol. The predicted molar refractivity (Wildman–Crippen MR) is 83.1 cm³/mol. The normalized spacial score (nSPS) is 54.6. The number of rotatable bonds is 0. The van der Waals surface area contributed by atoms with Crippen molar-refractivity contribution in [2.75, 3.05) is 0 Å². The van der Waals surface area contributed by atoms with Crippen molar-refractivity contribution >= 4 is 11.6 Å². The Labute approximate surface area is 132 Å². The minimum Gasteiger partial charge on any atom is -0.385 e. The van der Waals surface area contributed by atoms with Crippen molar-refractivity contribution in [1.29, 1.82) is 0 Å². The van der Waals surface area contributed by atoms with E-state index in [9.17, 15) is 14.7 Å². The number of aliphatic hydroxyl groups excluding tert-OH is 1. The van der Waals surface area contributed by atoms with Gasteiger partial charge in [0.1, 0.15) is 11.9 Å². The Morgan fingerprint density at radius 1 is 0.955 bits per heavy atom. The fourth-order valence-corrected chi connectivity index (χ4v) is 6.88. The molecule has 0 amide bonds. The summed E-state index contributed by atoms with van der Waals surface area (Å²) in [6, 6.07) is 0. The molecule has 0 spiro atoms. The van der Waals surface area contributed by atoms with Crippen LogP contribution in [0.5, 0.6) is 0 Å². The first-order valence-corrected chi connectivity index (χ1v) is 9.13. The maximum Gasteiger partial charge on any atom is 0.164 e. The number of carbonyl (C=O) groups excluding carboxylic acids is 2. The minimum absolute atomic E-state index is 0.0546. The highest BCUT2D eigenvalue weighted by atomic mass is 16.3. The quantitative estimate of drug-likeness (QED) is 0.748. The van der Waals surface area contributed by atoms with E-state index in [-0.39, 0.29) is 22.5 Å². The second-order valence-corrected chi connectivity index (χ2v) is 8.89. The first kappa shape index (κ1) is 14.9. The summed E-state index contributed by atoms with van der Waals surface area (Å²) in [5, 5.41) is 9.96. The molecule has 0 radical (unpaired) electrons. The molecule has 0 saturated heterocycles. The number of aliphatic hydroxyl groups is 1. The molecule has 0 aliphatic heterocycles. The molecule has 0 heterocycles. The summed E-state index contributed by atoms with van der Waals surface area (Å²) in [7, 11) is 0. The van der Waals surface area contributed by atoms with Gasteiger partial charge in [0, 0.05) is 17.8 Å². The molecule has 0 bridgehead atoms. The standard InChI is InChI=1S/C19H28O3/c1-18-10-8-15(20)17(22)14(18)4-3-11-12-5-6-16(21)19(12,2)9-7-13(11)18/h11-15,20H,3-10H2,1-2H3/t11-,12-,13-,14-,15-,18+,19-/m0/s1. The van der Waals surface area contributed by atoms with E-state index in [1.54, 1.807) is 0 Å². The maximum absolute atomic E-state index is 12.5. The van der Waals surface area contributed by atoms with Crippen LogP contribution in [0.3, 0.4) is 0 Å². The summed E-state index contributed by atoms with van der Waals surface area (Å²) >= 11 is 0. The van der Waals surface area contributed by atoms with Crippen LogP contribution in [0.2, 0.25) is 0 Å². The zero-order chi connectivity index (χ0) is 15.7. The van der Waals surface area contributed by atoms with Gasteiger partial charge in [-0.15, -0.1) is 0 Å². The summed E-state index contributed by atoms with van der Waals surface area (Å²) in [5.74, 6) is 2.38. The van der Waals surface area contributed by atoms with Crippen LogP contribution in [0.15, 0.2) is 0 Å². The Morgan fingerprint density at radius 3 is 2.50 bits per heavy atom. The molecule has 4 saturated carbocycles. The van der Waals surface area contributed by atoms with Crippen molar-refractivity contribution in [3.63, 3.8) is 0 Å². The van der Waals surface area contributed by atoms with Gasteiger partial charge in [-0.3, -0.25) is 9.59 Å². The minimum atomic E-state index is -0.725. The van der Waals surface area contributed by atoms with E-state index in [1.807, 2.05) is 0 Å². The second kappa shape index (κ2) is 4.66. The average Bonchev–Trinajstić information content (AvgIpc) is 2.79. The zero-order valence-corrected chi connectivity index (χ0v) is 13.8. The van der Waals surface area contributed by atoms with Gasteiger partial charge < -0.3 is 5.11 Å². The van der Waals surface area contributed by atoms with E-state index >= 15 is 0 Å². The lowest BCUT2D eigenvalue weighted by Crippen LogP contribution is -2.57. The van der Waals surface area contributed by atoms with Crippen LogP contribution >= 0.6 is 0 Å². The molecule has 0 aromatic heterocycles. The third-order valence-electron chi connectivity index (χ3n) is 8.21. The Hall–Kier alpha value is -0.700. The van der Waals surface area contributed by atoms with Gasteiger partial charge in [-0.05, 0) is 68.1 Å². The number of Topliss-reactive ketones (excluding diaryl/α,β-unsaturated/α-hetero) is 2. The summed E-state index contributed by atoms with van der Waals surface area (Å²) in [4.78, 5) is 24.9. The van der Waals surface area contributed by atoms with Crippen LogP contribution in [-0.2, 0) is 9.59 Å². The Balaban J connectivity index is 1.67. The molecule has 3 heteroatoms. The molecule has 1 N–H and O–H groups in total. The predicted octanol–water partition coefficient (Wildman–Crippen LogP) is 3.14. The fourth-order valence-electron chi connectivity index (χ4n) is 6.88. The molecule has 7 atom stereocenters. The molecule has 122 valence electrons. The van der Waals surface area contributed by atoms with Gasteiger partial charge in [-0.25, -0.2) is 0 Å². The van der Waals surface area contributed by atoms with Crippen molar-refractivity contribution in [2.24, 2.45) is 34.5 Å². The number of hydrogen-bond donors (Lipinski definition) is 1. The highest BCUT2D eigenvalue weighted by Crippen LogP contribution is 2.64. The Bertz CT molecular complexity index is 527. The van der Waals surface area contributed by atoms with Gasteiger partial charge in [0.05, 0.1) is 0 Å². The topological polar surface area (TPSA) is 54.4 Å². The first-order chi connectivity index (χ1) is 10.4. The first-order valence-electron chi connectivity index (χ1n) is 9.13. The average molecular weight is 304 g/mol. The molecule has 22 heavy (non-hydrogen) atoms. The third-order valence-corrected chi connectivity index (χ3v) is 8.21. The van der Waals surface area contributed by atoms with Crippen LogP contribution in [-0.4, -0.2) is 22.8 Å². The van der Waals surface area contributed by atoms with Gasteiger partial charge in [0.2, 0.25) is 0 Å². The summed E-state index contributed by atoms with van der Waals surface area (Å²) in [6.45, 7) is 4.51. The fraction of sp³-hybridized carbons (Fsp3) is 0.895. The van der Waals surface area contributed by atoms with E-state index in [2.05, 4.69) is 13.8 Å². The van der Waals surface area contributed by atoms with Crippen molar-refractivity contribution in [2.45, 2.75) is 71.3 Å². The van der Waals surface area contributed by atoms with Crippen molar-refractivity contribution in [3.05, 3.63) is 0 Å². The largest absolute Gasteiger partial charge is 0.385 e. The van der Waals surface area contributed by atoms with Gasteiger partial charge in [-0.1, -0.05) is 13.8 Å². The second-order valence-electron chi connectivity index (χ2n) is 8.89. The number of ketones is 2. The molecule has 0 unspecified atom stereocenters. The summed E-state index contributed by atoms with van der Waals surface area (Å²) in [5.41, 5.74) is -0.0191. The number of fused-ring (bicyclic) bond motifs is 5. The number of carbonyl (C=O) groups is 2. The lowest BCUT2D eigenvalue weighted by Gasteiger charge is -2.59. The SMILES string of the molecule is C[C@]12CC[C@H](O)C(=O)[C@@H]1CC[C@@H]1[C@@H]2CC[C@]2(C)C(=O)CC[C@@H]12. The summed E-state index contributed by atoms with van der Waals surface area (Å²) in [6.07, 6.45) is 6.83. The van der Waals surface area contributed by atoms with E-state index in [1.165, 1.54) is 0 Å². The van der Waals surface area contributed by atoms with Crippen LogP contribution in [0.4, 0.5) is 0 Å². The van der Waals surface area contributed by atoms with Crippen LogP contribution in [0.25, 0.3) is 0 Å². The van der Waals surface area contributed by atoms with Gasteiger partial charge in [-0.2, -0.15) is 0 Å². The molecule has 3 nitrogen and oxygen atoms in total. The Kier molecular flexibility index (Phi) is 3.15. The summed E-state index contributed by atoms with van der Waals surface area (Å²) < 4.78 is 0. The van der Waals surface area contributed by atoms with E-state index in [0.717, 1.165) is 44.9 Å². The van der Waals surface area contributed by atoms with Gasteiger partial charge >= 0.3 is 0 Å². The van der Waals surface area contributed by atoms with E-state index in [4.69, 9.17) is 0 Å². The number of hydrogen-bond acceptors (Lipinski definition) is 3. The zero-order valence-electron chi connectivity index (χ0n) is 13.8. The van der Waals surface area contributed by atoms with Crippen LogP contribution < -0.4 is 0 Å². The van der Waals surface area contributed by atoms with Crippen molar-refractivity contribution in [3.8, 4) is 0 Å². The van der Waals surface area contributed by atoms with Crippen molar-refractivity contribution in [1.82, 2.24) is 0 Å². The molecule has 0 aromatic rings. The maximum atomic E-state index is 12.5. The van der Waals surface area contributed by atoms with Crippen molar-refractivity contribution < 1.29 is 14.7 Å². The molecule has 4 aliphatic carbocycles. The lowest BCUT2D eigenvalue weighted by atomic mass is 9.45. The smallest absolute Gasteiger partial charge is 0.164 e. The van der Waals surface area contributed by atoms with Gasteiger partial charge in [0.25, 0.3) is 0 Å². The van der Waals surface area contributed by atoms with Crippen LogP contribution in [0, 0.1) is 34.5 Å². The third kappa shape index (κ3) is 1.72. The van der Waals surface area contributed by atoms with Crippen LogP contribution in [0.1, 0.15) is 65.2 Å². The highest BCUT2D eigenvalue weighted by molar-refractivity contribution is 5.88.